The number of benzene rings is 2. The van der Waals surface area contributed by atoms with Crippen LogP contribution in [0, 0.1) is 5.92 Å². The third-order valence-electron chi connectivity index (χ3n) is 5.88. The highest BCUT2D eigenvalue weighted by atomic mass is 32.2. The Morgan fingerprint density at radius 2 is 1.79 bits per heavy atom. The molecule has 2 aromatic rings. The van der Waals surface area contributed by atoms with E-state index in [-0.39, 0.29) is 16.7 Å². The van der Waals surface area contributed by atoms with E-state index in [1.807, 2.05) is 18.2 Å². The van der Waals surface area contributed by atoms with Gasteiger partial charge in [0.05, 0.1) is 18.6 Å². The van der Waals surface area contributed by atoms with Crippen molar-refractivity contribution in [1.82, 2.24) is 9.62 Å². The van der Waals surface area contributed by atoms with Crippen molar-refractivity contribution < 1.29 is 22.7 Å². The van der Waals surface area contributed by atoms with Gasteiger partial charge in [-0.2, -0.15) is 4.31 Å². The summed E-state index contributed by atoms with van der Waals surface area (Å²) in [5.74, 6) is 1.37. The topological polar surface area (TPSA) is 84.9 Å². The molecule has 1 saturated heterocycles. The number of nitrogens with one attached hydrogen (secondary N) is 1. The summed E-state index contributed by atoms with van der Waals surface area (Å²) in [5.41, 5.74) is 1.15. The van der Waals surface area contributed by atoms with Gasteiger partial charge in [-0.25, -0.2) is 8.42 Å². The van der Waals surface area contributed by atoms with Gasteiger partial charge in [0.25, 0.3) is 0 Å². The second-order valence-electron chi connectivity index (χ2n) is 8.20. The molecule has 0 aromatic heterocycles. The van der Waals surface area contributed by atoms with Gasteiger partial charge in [0.15, 0.2) is 0 Å². The highest BCUT2D eigenvalue weighted by molar-refractivity contribution is 7.89. The molecule has 0 aliphatic carbocycles. The summed E-state index contributed by atoms with van der Waals surface area (Å²) in [6.45, 7) is 4.05. The fourth-order valence-electron chi connectivity index (χ4n) is 3.95. The molecule has 1 amide bonds. The molecule has 1 N–H and O–H groups in total. The smallest absolute Gasteiger partial charge is 0.243 e. The van der Waals surface area contributed by atoms with E-state index in [1.54, 1.807) is 31.4 Å². The van der Waals surface area contributed by atoms with Gasteiger partial charge in [0, 0.05) is 25.6 Å². The molecule has 1 aliphatic heterocycles. The standard InChI is InChI=1S/C25H34N2O5S/c1-3-19-32-24-9-5-4-7-20(24)8-6-16-26-25(28)21-14-17-27(18-15-21)33(29,30)23-12-10-22(31-2)11-13-23/h4-5,7,9-13,21H,3,6,8,14-19H2,1-2H3,(H,26,28). The van der Waals surface area contributed by atoms with Crippen LogP contribution in [-0.2, 0) is 21.2 Å². The number of amides is 1. The number of aryl methyl sites for hydroxylation is 1. The molecular formula is C25H34N2O5S. The molecule has 0 radical (unpaired) electrons. The minimum absolute atomic E-state index is 0.00649. The summed E-state index contributed by atoms with van der Waals surface area (Å²) in [4.78, 5) is 12.8. The zero-order chi connectivity index (χ0) is 23.7. The van der Waals surface area contributed by atoms with Crippen LogP contribution in [0.1, 0.15) is 38.2 Å². The maximum Gasteiger partial charge on any atom is 0.243 e. The Morgan fingerprint density at radius 1 is 1.09 bits per heavy atom. The summed E-state index contributed by atoms with van der Waals surface area (Å²) in [7, 11) is -2.02. The first-order chi connectivity index (χ1) is 16.0. The third kappa shape index (κ3) is 6.71. The molecule has 1 heterocycles. The van der Waals surface area contributed by atoms with E-state index in [0.29, 0.717) is 44.8 Å². The largest absolute Gasteiger partial charge is 0.497 e. The predicted molar refractivity (Wildman–Crippen MR) is 128 cm³/mol. The minimum Gasteiger partial charge on any atom is -0.497 e. The number of carbonyl (C=O) groups is 1. The molecule has 180 valence electrons. The van der Waals surface area contributed by atoms with Gasteiger partial charge < -0.3 is 14.8 Å². The highest BCUT2D eigenvalue weighted by Gasteiger charge is 2.32. The molecule has 0 atom stereocenters. The first-order valence-corrected chi connectivity index (χ1v) is 13.0. The number of para-hydroxylation sites is 1. The van der Waals surface area contributed by atoms with Crippen molar-refractivity contribution in [3.8, 4) is 11.5 Å². The Kier molecular flexibility index (Phi) is 9.14. The van der Waals surface area contributed by atoms with Crippen LogP contribution in [-0.4, -0.2) is 52.0 Å². The van der Waals surface area contributed by atoms with E-state index in [1.165, 1.54) is 4.31 Å². The van der Waals surface area contributed by atoms with E-state index in [9.17, 15) is 13.2 Å². The van der Waals surface area contributed by atoms with Crippen molar-refractivity contribution in [2.45, 2.75) is 43.9 Å². The van der Waals surface area contributed by atoms with Crippen molar-refractivity contribution in [2.24, 2.45) is 5.92 Å². The summed E-state index contributed by atoms with van der Waals surface area (Å²) < 4.78 is 38.1. The number of nitrogens with zero attached hydrogens (tertiary/aromatic N) is 1. The quantitative estimate of drug-likeness (QED) is 0.503. The average Bonchev–Trinajstić information content (AvgIpc) is 2.86. The molecule has 1 fully saturated rings. The average molecular weight is 475 g/mol. The Balaban J connectivity index is 1.43. The van der Waals surface area contributed by atoms with Gasteiger partial charge in [0.2, 0.25) is 15.9 Å². The molecule has 0 bridgehead atoms. The summed E-state index contributed by atoms with van der Waals surface area (Å²) >= 11 is 0. The van der Waals surface area contributed by atoms with Crippen LogP contribution >= 0.6 is 0 Å². The molecule has 0 saturated carbocycles. The Labute approximate surface area is 197 Å². The zero-order valence-electron chi connectivity index (χ0n) is 19.5. The number of methoxy groups -OCH3 is 1. The number of hydrogen-bond acceptors (Lipinski definition) is 5. The van der Waals surface area contributed by atoms with E-state index in [0.717, 1.165) is 30.6 Å². The van der Waals surface area contributed by atoms with Crippen molar-refractivity contribution in [3.05, 3.63) is 54.1 Å². The monoisotopic (exact) mass is 474 g/mol. The number of ether oxygens (including phenoxy) is 2. The van der Waals surface area contributed by atoms with E-state index in [2.05, 4.69) is 18.3 Å². The fraction of sp³-hybridized carbons (Fsp3) is 0.480. The molecule has 2 aromatic carbocycles. The fourth-order valence-corrected chi connectivity index (χ4v) is 5.42. The Hall–Kier alpha value is -2.58. The molecule has 0 spiro atoms. The SMILES string of the molecule is CCCOc1ccccc1CCCNC(=O)C1CCN(S(=O)(=O)c2ccc(OC)cc2)CC1. The lowest BCUT2D eigenvalue weighted by Gasteiger charge is -2.30. The Bertz CT molecular complexity index is 1000. The lowest BCUT2D eigenvalue weighted by molar-refractivity contribution is -0.126. The number of rotatable bonds is 11. The molecule has 0 unspecified atom stereocenters. The lowest BCUT2D eigenvalue weighted by Crippen LogP contribution is -2.43. The summed E-state index contributed by atoms with van der Waals surface area (Å²) in [6.07, 6.45) is 3.66. The van der Waals surface area contributed by atoms with Gasteiger partial charge >= 0.3 is 0 Å². The van der Waals surface area contributed by atoms with Crippen molar-refractivity contribution in [2.75, 3.05) is 33.4 Å². The van der Waals surface area contributed by atoms with Crippen molar-refractivity contribution in [3.63, 3.8) is 0 Å². The lowest BCUT2D eigenvalue weighted by atomic mass is 9.97. The number of piperidine rings is 1. The molecule has 1 aliphatic rings. The third-order valence-corrected chi connectivity index (χ3v) is 7.79. The second-order valence-corrected chi connectivity index (χ2v) is 10.1. The van der Waals surface area contributed by atoms with Crippen LogP contribution in [0.5, 0.6) is 11.5 Å². The summed E-state index contributed by atoms with van der Waals surface area (Å²) in [5, 5.41) is 3.02. The van der Waals surface area contributed by atoms with Gasteiger partial charge in [-0.3, -0.25) is 4.79 Å². The molecular weight excluding hydrogens is 440 g/mol. The van der Waals surface area contributed by atoms with Gasteiger partial charge in [-0.1, -0.05) is 25.1 Å². The van der Waals surface area contributed by atoms with Gasteiger partial charge in [-0.05, 0) is 68.0 Å². The maximum atomic E-state index is 12.9. The predicted octanol–water partition coefficient (Wildman–Crippen LogP) is 3.63. The van der Waals surface area contributed by atoms with Crippen LogP contribution < -0.4 is 14.8 Å². The zero-order valence-corrected chi connectivity index (χ0v) is 20.3. The van der Waals surface area contributed by atoms with Crippen LogP contribution in [0.3, 0.4) is 0 Å². The summed E-state index contributed by atoms with van der Waals surface area (Å²) in [6, 6.07) is 14.4. The molecule has 7 nitrogen and oxygen atoms in total. The van der Waals surface area contributed by atoms with Crippen LogP contribution in [0.2, 0.25) is 0 Å². The van der Waals surface area contributed by atoms with Crippen molar-refractivity contribution in [1.29, 1.82) is 0 Å². The number of carbonyl (C=O) groups excluding carboxylic acids is 1. The van der Waals surface area contributed by atoms with E-state index < -0.39 is 10.0 Å². The maximum absolute atomic E-state index is 12.9. The molecule has 8 heteroatoms. The molecule has 33 heavy (non-hydrogen) atoms. The van der Waals surface area contributed by atoms with Gasteiger partial charge in [-0.15, -0.1) is 0 Å². The van der Waals surface area contributed by atoms with Crippen LogP contribution in [0.25, 0.3) is 0 Å². The van der Waals surface area contributed by atoms with Crippen molar-refractivity contribution >= 4 is 15.9 Å². The van der Waals surface area contributed by atoms with Gasteiger partial charge in [0.1, 0.15) is 11.5 Å². The second kappa shape index (κ2) is 12.0. The first kappa shape index (κ1) is 25.1. The van der Waals surface area contributed by atoms with E-state index >= 15 is 0 Å². The normalized spacial score (nSPS) is 15.2. The number of hydrogen-bond donors (Lipinski definition) is 1. The highest BCUT2D eigenvalue weighted by Crippen LogP contribution is 2.25. The number of sulfonamides is 1. The Morgan fingerprint density at radius 3 is 2.45 bits per heavy atom. The molecule has 3 rings (SSSR count). The van der Waals surface area contributed by atoms with Crippen LogP contribution in [0.4, 0.5) is 0 Å². The minimum atomic E-state index is -3.56. The van der Waals surface area contributed by atoms with Crippen LogP contribution in [0.15, 0.2) is 53.4 Å². The van der Waals surface area contributed by atoms with E-state index in [4.69, 9.17) is 9.47 Å². The first-order valence-electron chi connectivity index (χ1n) is 11.6.